The number of halogens is 2. The van der Waals surface area contributed by atoms with Crippen LogP contribution >= 0.6 is 11.6 Å². The Morgan fingerprint density at radius 2 is 2.00 bits per heavy atom. The molecule has 0 aliphatic heterocycles. The molecule has 2 aromatic heterocycles. The van der Waals surface area contributed by atoms with Crippen LogP contribution in [0.3, 0.4) is 0 Å². The summed E-state index contributed by atoms with van der Waals surface area (Å²) in [5.74, 6) is -0.437. The molecule has 2 N–H and O–H groups in total. The number of benzene rings is 1. The molecule has 0 aliphatic carbocycles. The molecule has 0 fully saturated rings. The number of nitrogens with zero attached hydrogens (tertiary/aromatic N) is 2. The van der Waals surface area contributed by atoms with Crippen LogP contribution in [-0.4, -0.2) is 9.38 Å². The molecule has 90 valence electrons. The minimum absolute atomic E-state index is 0.0871. The van der Waals surface area contributed by atoms with E-state index in [1.807, 2.05) is 16.7 Å². The summed E-state index contributed by atoms with van der Waals surface area (Å²) in [5, 5.41) is 0.0871. The van der Waals surface area contributed by atoms with Crippen LogP contribution in [-0.2, 0) is 0 Å². The molecule has 0 unspecified atom stereocenters. The van der Waals surface area contributed by atoms with Crippen LogP contribution in [0.15, 0.2) is 42.7 Å². The van der Waals surface area contributed by atoms with E-state index in [-0.39, 0.29) is 5.02 Å². The molecular weight excluding hydrogens is 253 g/mol. The van der Waals surface area contributed by atoms with E-state index in [4.69, 9.17) is 17.3 Å². The Hall–Kier alpha value is -2.07. The largest absolute Gasteiger partial charge is 0.398 e. The van der Waals surface area contributed by atoms with Crippen molar-refractivity contribution in [1.29, 1.82) is 0 Å². The molecule has 0 saturated heterocycles. The number of imidazole rings is 1. The van der Waals surface area contributed by atoms with Gasteiger partial charge in [-0.25, -0.2) is 9.37 Å². The fraction of sp³-hybridized carbons (Fsp3) is 0. The molecule has 3 aromatic rings. The number of aromatic nitrogens is 2. The zero-order chi connectivity index (χ0) is 12.7. The van der Waals surface area contributed by atoms with Crippen LogP contribution in [0.4, 0.5) is 10.1 Å². The molecule has 0 bridgehead atoms. The molecule has 0 amide bonds. The first-order chi connectivity index (χ1) is 8.63. The Morgan fingerprint density at radius 3 is 2.78 bits per heavy atom. The van der Waals surface area contributed by atoms with E-state index in [1.54, 1.807) is 24.4 Å². The Morgan fingerprint density at radius 1 is 1.17 bits per heavy atom. The first kappa shape index (κ1) is 11.0. The highest BCUT2D eigenvalue weighted by Gasteiger charge is 2.07. The Labute approximate surface area is 108 Å². The van der Waals surface area contributed by atoms with Gasteiger partial charge in [0, 0.05) is 23.6 Å². The quantitative estimate of drug-likeness (QED) is 0.730. The van der Waals surface area contributed by atoms with Crippen molar-refractivity contribution in [2.75, 3.05) is 5.73 Å². The lowest BCUT2D eigenvalue weighted by Crippen LogP contribution is -1.88. The molecule has 5 heteroatoms. The van der Waals surface area contributed by atoms with Gasteiger partial charge in [-0.1, -0.05) is 11.6 Å². The predicted molar refractivity (Wildman–Crippen MR) is 70.0 cm³/mol. The van der Waals surface area contributed by atoms with Crippen molar-refractivity contribution in [2.45, 2.75) is 0 Å². The molecule has 0 radical (unpaired) electrons. The van der Waals surface area contributed by atoms with Crippen LogP contribution < -0.4 is 5.73 Å². The summed E-state index contributed by atoms with van der Waals surface area (Å²) in [6, 6.07) is 8.14. The third-order valence-electron chi connectivity index (χ3n) is 2.69. The number of anilines is 1. The van der Waals surface area contributed by atoms with E-state index in [0.29, 0.717) is 5.69 Å². The zero-order valence-corrected chi connectivity index (χ0v) is 10.0. The van der Waals surface area contributed by atoms with Crippen molar-refractivity contribution in [1.82, 2.24) is 9.38 Å². The number of rotatable bonds is 1. The molecule has 1 aromatic carbocycles. The van der Waals surface area contributed by atoms with Gasteiger partial charge in [0.25, 0.3) is 0 Å². The van der Waals surface area contributed by atoms with E-state index >= 15 is 0 Å². The van der Waals surface area contributed by atoms with Gasteiger partial charge < -0.3 is 10.1 Å². The van der Waals surface area contributed by atoms with Gasteiger partial charge in [0.15, 0.2) is 0 Å². The van der Waals surface area contributed by atoms with Gasteiger partial charge in [-0.15, -0.1) is 0 Å². The van der Waals surface area contributed by atoms with Gasteiger partial charge in [0.2, 0.25) is 0 Å². The van der Waals surface area contributed by atoms with Crippen LogP contribution in [0, 0.1) is 5.82 Å². The topological polar surface area (TPSA) is 43.3 Å². The molecule has 0 aliphatic rings. The average molecular weight is 262 g/mol. The lowest BCUT2D eigenvalue weighted by atomic mass is 10.2. The second kappa shape index (κ2) is 3.99. The van der Waals surface area contributed by atoms with Crippen LogP contribution in [0.25, 0.3) is 16.9 Å². The molecule has 0 atom stereocenters. The smallest absolute Gasteiger partial charge is 0.141 e. The minimum Gasteiger partial charge on any atom is -0.398 e. The third-order valence-corrected chi connectivity index (χ3v) is 2.98. The van der Waals surface area contributed by atoms with Gasteiger partial charge in [-0.3, -0.25) is 0 Å². The lowest BCUT2D eigenvalue weighted by Gasteiger charge is -1.97. The van der Waals surface area contributed by atoms with Crippen molar-refractivity contribution in [3.63, 3.8) is 0 Å². The number of pyridine rings is 1. The van der Waals surface area contributed by atoms with Crippen molar-refractivity contribution in [3.8, 4) is 11.3 Å². The third kappa shape index (κ3) is 1.80. The van der Waals surface area contributed by atoms with Crippen LogP contribution in [0.2, 0.25) is 5.02 Å². The summed E-state index contributed by atoms with van der Waals surface area (Å²) in [6.45, 7) is 0. The van der Waals surface area contributed by atoms with Crippen molar-refractivity contribution < 1.29 is 4.39 Å². The standard InChI is InChI=1S/C13H9ClFN3/c14-10-5-8(1-3-11(10)15)12-7-18-6-9(16)2-4-13(18)17-12/h1-7H,16H2. The average Bonchev–Trinajstić information content (AvgIpc) is 2.75. The maximum Gasteiger partial charge on any atom is 0.141 e. The summed E-state index contributed by atoms with van der Waals surface area (Å²) in [6.07, 6.45) is 3.60. The van der Waals surface area contributed by atoms with E-state index in [9.17, 15) is 4.39 Å². The number of hydrogen-bond acceptors (Lipinski definition) is 2. The van der Waals surface area contributed by atoms with Crippen molar-refractivity contribution in [3.05, 3.63) is 53.6 Å². The van der Waals surface area contributed by atoms with Gasteiger partial charge in [0.1, 0.15) is 11.5 Å². The highest BCUT2D eigenvalue weighted by Crippen LogP contribution is 2.24. The van der Waals surface area contributed by atoms with E-state index in [1.165, 1.54) is 6.07 Å². The van der Waals surface area contributed by atoms with Gasteiger partial charge in [-0.05, 0) is 30.3 Å². The van der Waals surface area contributed by atoms with E-state index in [2.05, 4.69) is 4.98 Å². The van der Waals surface area contributed by atoms with Crippen LogP contribution in [0.5, 0.6) is 0 Å². The summed E-state index contributed by atoms with van der Waals surface area (Å²) in [4.78, 5) is 4.42. The molecular formula is C13H9ClFN3. The molecule has 0 spiro atoms. The summed E-state index contributed by atoms with van der Waals surface area (Å²) in [5.41, 5.74) is 8.62. The Kier molecular flexibility index (Phi) is 2.45. The summed E-state index contributed by atoms with van der Waals surface area (Å²) in [7, 11) is 0. The number of fused-ring (bicyclic) bond motifs is 1. The molecule has 2 heterocycles. The van der Waals surface area contributed by atoms with Crippen molar-refractivity contribution >= 4 is 22.9 Å². The van der Waals surface area contributed by atoms with Crippen molar-refractivity contribution in [2.24, 2.45) is 0 Å². The molecule has 3 rings (SSSR count). The monoisotopic (exact) mass is 261 g/mol. The maximum atomic E-state index is 13.1. The van der Waals surface area contributed by atoms with E-state index < -0.39 is 5.82 Å². The molecule has 0 saturated carbocycles. The summed E-state index contributed by atoms with van der Waals surface area (Å²) >= 11 is 5.76. The highest BCUT2D eigenvalue weighted by molar-refractivity contribution is 6.31. The number of nitrogen functional groups attached to an aromatic ring is 1. The summed E-state index contributed by atoms with van der Waals surface area (Å²) < 4.78 is 14.9. The Bertz CT molecular complexity index is 736. The maximum absolute atomic E-state index is 13.1. The van der Waals surface area contributed by atoms with Crippen LogP contribution in [0.1, 0.15) is 0 Å². The van der Waals surface area contributed by atoms with E-state index in [0.717, 1.165) is 16.9 Å². The zero-order valence-electron chi connectivity index (χ0n) is 9.27. The first-order valence-corrected chi connectivity index (χ1v) is 5.71. The molecule has 18 heavy (non-hydrogen) atoms. The van der Waals surface area contributed by atoms with Gasteiger partial charge >= 0.3 is 0 Å². The fourth-order valence-electron chi connectivity index (χ4n) is 1.80. The van der Waals surface area contributed by atoms with Gasteiger partial charge in [0.05, 0.1) is 10.7 Å². The number of hydrogen-bond donors (Lipinski definition) is 1. The SMILES string of the molecule is Nc1ccc2nc(-c3ccc(F)c(Cl)c3)cn2c1. The second-order valence-corrected chi connectivity index (χ2v) is 4.39. The fourth-order valence-corrected chi connectivity index (χ4v) is 1.98. The normalized spacial score (nSPS) is 11.0. The highest BCUT2D eigenvalue weighted by atomic mass is 35.5. The minimum atomic E-state index is -0.437. The first-order valence-electron chi connectivity index (χ1n) is 5.33. The van der Waals surface area contributed by atoms with Gasteiger partial charge in [-0.2, -0.15) is 0 Å². The lowest BCUT2D eigenvalue weighted by molar-refractivity contribution is 0.628. The Balaban J connectivity index is 2.16. The second-order valence-electron chi connectivity index (χ2n) is 3.98. The molecule has 3 nitrogen and oxygen atoms in total. The predicted octanol–water partition coefficient (Wildman–Crippen LogP) is 3.38. The number of nitrogens with two attached hydrogens (primary N) is 1.